The van der Waals surface area contributed by atoms with Gasteiger partial charge in [-0.3, -0.25) is 18.6 Å². The van der Waals surface area contributed by atoms with E-state index in [4.69, 9.17) is 0 Å². The lowest BCUT2D eigenvalue weighted by Crippen LogP contribution is -2.45. The number of fused-ring (bicyclic) bond motifs is 1. The predicted molar refractivity (Wildman–Crippen MR) is 142 cm³/mol. The molecule has 2 aliphatic heterocycles. The molecule has 1 aromatic heterocycles. The van der Waals surface area contributed by atoms with Crippen LogP contribution in [0.4, 0.5) is 8.78 Å². The summed E-state index contributed by atoms with van der Waals surface area (Å²) in [6.07, 6.45) is 7.40. The Labute approximate surface area is 226 Å². The van der Waals surface area contributed by atoms with E-state index in [1.165, 1.54) is 20.4 Å². The van der Waals surface area contributed by atoms with Crippen LogP contribution in [0.15, 0.2) is 58.8 Å². The maximum atomic E-state index is 14.4. The number of rotatable bonds is 8. The van der Waals surface area contributed by atoms with Gasteiger partial charge in [-0.2, -0.15) is 4.98 Å². The van der Waals surface area contributed by atoms with Crippen molar-refractivity contribution in [1.82, 2.24) is 19.4 Å². The van der Waals surface area contributed by atoms with Crippen LogP contribution >= 0.6 is 0 Å². The molecule has 3 heterocycles. The molecule has 9 nitrogen and oxygen atoms in total. The number of likely N-dealkylation sites (tertiary alicyclic amines) is 1. The van der Waals surface area contributed by atoms with Gasteiger partial charge in [0.25, 0.3) is 11.8 Å². The fourth-order valence-corrected chi connectivity index (χ4v) is 6.02. The summed E-state index contributed by atoms with van der Waals surface area (Å²) in [4.78, 5) is 46.3. The summed E-state index contributed by atoms with van der Waals surface area (Å²) in [6, 6.07) is 2.30. The standard InChI is InChI=1S/C27H28F2N4O5S/c1-3-7-17(8-4-2)39(38)16-15-31-13-14-33-22(27(31)37)23(34)25(35)30-24(33)20-11-6-12-32(20)26(36)21-18(28)9-5-10-19(21)29/h3-5,7-10,20,34H,1,6,11-16H2,2H3/b8-4-,17-7+. The fourth-order valence-electron chi connectivity index (χ4n) is 4.87. The average molecular weight is 559 g/mol. The smallest absolute Gasteiger partial charge is 0.315 e. The number of aromatic nitrogens is 2. The highest BCUT2D eigenvalue weighted by atomic mass is 32.2. The maximum Gasteiger partial charge on any atom is 0.315 e. The minimum Gasteiger partial charge on any atom is -0.501 e. The Hall–Kier alpha value is -3.93. The number of nitrogens with zero attached hydrogens (tertiary/aromatic N) is 4. The lowest BCUT2D eigenvalue weighted by Gasteiger charge is -2.33. The van der Waals surface area contributed by atoms with Gasteiger partial charge in [-0.1, -0.05) is 30.9 Å². The molecule has 0 spiro atoms. The van der Waals surface area contributed by atoms with Crippen molar-refractivity contribution in [3.63, 3.8) is 0 Å². The molecular weight excluding hydrogens is 530 g/mol. The molecule has 1 fully saturated rings. The van der Waals surface area contributed by atoms with Gasteiger partial charge in [-0.15, -0.1) is 0 Å². The maximum absolute atomic E-state index is 14.4. The molecule has 39 heavy (non-hydrogen) atoms. The Morgan fingerprint density at radius 2 is 1.95 bits per heavy atom. The minimum absolute atomic E-state index is 0.0660. The summed E-state index contributed by atoms with van der Waals surface area (Å²) in [5, 5.41) is 10.5. The second kappa shape index (κ2) is 11.9. The van der Waals surface area contributed by atoms with Crippen molar-refractivity contribution in [3.8, 4) is 5.75 Å². The number of benzene rings is 1. The van der Waals surface area contributed by atoms with Crippen LogP contribution in [0.5, 0.6) is 5.75 Å². The van der Waals surface area contributed by atoms with Gasteiger partial charge in [0.15, 0.2) is 5.69 Å². The molecule has 2 aromatic rings. The van der Waals surface area contributed by atoms with Crippen LogP contribution in [0.3, 0.4) is 0 Å². The number of amides is 2. The van der Waals surface area contributed by atoms with Crippen molar-refractivity contribution in [1.29, 1.82) is 0 Å². The molecule has 0 saturated carbocycles. The highest BCUT2D eigenvalue weighted by Gasteiger charge is 2.39. The van der Waals surface area contributed by atoms with E-state index in [9.17, 15) is 32.5 Å². The monoisotopic (exact) mass is 558 g/mol. The molecule has 0 bridgehead atoms. The van der Waals surface area contributed by atoms with E-state index in [0.717, 1.165) is 18.2 Å². The second-order valence-corrected chi connectivity index (χ2v) is 10.6. The molecule has 1 aromatic carbocycles. The highest BCUT2D eigenvalue weighted by molar-refractivity contribution is 7.89. The van der Waals surface area contributed by atoms with Gasteiger partial charge >= 0.3 is 5.56 Å². The normalized spacial score (nSPS) is 18.5. The first-order valence-electron chi connectivity index (χ1n) is 12.4. The number of carbonyl (C=O) groups is 2. The summed E-state index contributed by atoms with van der Waals surface area (Å²) in [7, 11) is -1.42. The third kappa shape index (κ3) is 5.47. The summed E-state index contributed by atoms with van der Waals surface area (Å²) in [5.74, 6) is -4.19. The van der Waals surface area contributed by atoms with E-state index in [1.54, 1.807) is 25.2 Å². The van der Waals surface area contributed by atoms with Crippen molar-refractivity contribution in [2.75, 3.05) is 25.4 Å². The number of carbonyl (C=O) groups excluding carboxylic acids is 2. The van der Waals surface area contributed by atoms with Crippen molar-refractivity contribution in [2.45, 2.75) is 32.4 Å². The van der Waals surface area contributed by atoms with E-state index in [-0.39, 0.29) is 43.5 Å². The molecule has 206 valence electrons. The predicted octanol–water partition coefficient (Wildman–Crippen LogP) is 3.05. The van der Waals surface area contributed by atoms with Gasteiger partial charge < -0.3 is 19.5 Å². The SMILES string of the molecule is C=C/C=C(\C=C/C)S(=O)CCN1CCn2c(C3CCCN3C(=O)c3c(F)cccc3F)nc(=O)c(O)c2C1=O. The second-order valence-electron chi connectivity index (χ2n) is 9.02. The zero-order valence-electron chi connectivity index (χ0n) is 21.3. The van der Waals surface area contributed by atoms with Gasteiger partial charge in [-0.25, -0.2) is 8.78 Å². The summed E-state index contributed by atoms with van der Waals surface area (Å²) < 4.78 is 42.8. The lowest BCUT2D eigenvalue weighted by molar-refractivity contribution is 0.0687. The summed E-state index contributed by atoms with van der Waals surface area (Å²) >= 11 is 0. The van der Waals surface area contributed by atoms with Gasteiger partial charge in [0.1, 0.15) is 23.0 Å². The summed E-state index contributed by atoms with van der Waals surface area (Å²) in [6.45, 7) is 5.99. The number of halogens is 2. The van der Waals surface area contributed by atoms with Crippen LogP contribution in [0.25, 0.3) is 0 Å². The van der Waals surface area contributed by atoms with Crippen molar-refractivity contribution in [3.05, 3.63) is 93.1 Å². The first kappa shape index (κ1) is 28.1. The van der Waals surface area contributed by atoms with Crippen molar-refractivity contribution >= 4 is 22.6 Å². The number of hydrogen-bond acceptors (Lipinski definition) is 6. The molecule has 0 radical (unpaired) electrons. The van der Waals surface area contributed by atoms with Crippen molar-refractivity contribution in [2.24, 2.45) is 0 Å². The minimum atomic E-state index is -1.42. The van der Waals surface area contributed by atoms with Crippen LogP contribution in [0.1, 0.15) is 52.5 Å². The molecular formula is C27H28F2N4O5S. The van der Waals surface area contributed by atoms with Crippen LogP contribution < -0.4 is 5.56 Å². The van der Waals surface area contributed by atoms with E-state index < -0.39 is 57.2 Å². The van der Waals surface area contributed by atoms with Gasteiger partial charge in [0, 0.05) is 36.8 Å². The van der Waals surface area contributed by atoms with Crippen LogP contribution in [0, 0.1) is 11.6 Å². The Morgan fingerprint density at radius 3 is 2.62 bits per heavy atom. The number of aromatic hydroxyl groups is 1. The van der Waals surface area contributed by atoms with Crippen LogP contribution in [0.2, 0.25) is 0 Å². The average Bonchev–Trinajstić information content (AvgIpc) is 3.39. The molecule has 2 aliphatic rings. The number of hydrogen-bond donors (Lipinski definition) is 1. The van der Waals surface area contributed by atoms with Crippen molar-refractivity contribution < 1.29 is 27.7 Å². The van der Waals surface area contributed by atoms with E-state index in [0.29, 0.717) is 17.7 Å². The number of allylic oxidation sites excluding steroid dienone is 4. The highest BCUT2D eigenvalue weighted by Crippen LogP contribution is 2.35. The van der Waals surface area contributed by atoms with Gasteiger partial charge in [0.2, 0.25) is 5.75 Å². The Bertz CT molecular complexity index is 1450. The fraction of sp³-hybridized carbons (Fsp3) is 0.333. The largest absolute Gasteiger partial charge is 0.501 e. The Balaban J connectivity index is 1.63. The lowest BCUT2D eigenvalue weighted by atomic mass is 10.1. The third-order valence-corrected chi connectivity index (χ3v) is 8.03. The first-order chi connectivity index (χ1) is 18.7. The topological polar surface area (TPSA) is 113 Å². The van der Waals surface area contributed by atoms with E-state index in [2.05, 4.69) is 11.6 Å². The quantitative estimate of drug-likeness (QED) is 0.499. The Kier molecular flexibility index (Phi) is 8.54. The Morgan fingerprint density at radius 1 is 1.23 bits per heavy atom. The van der Waals surface area contributed by atoms with Crippen LogP contribution in [-0.2, 0) is 17.3 Å². The molecule has 1 N–H and O–H groups in total. The molecule has 1 saturated heterocycles. The molecule has 0 aliphatic carbocycles. The van der Waals surface area contributed by atoms with Crippen LogP contribution in [-0.4, -0.2) is 65.9 Å². The third-order valence-electron chi connectivity index (χ3n) is 6.68. The van der Waals surface area contributed by atoms with E-state index in [1.807, 2.05) is 0 Å². The zero-order chi connectivity index (χ0) is 28.3. The molecule has 2 atom stereocenters. The molecule has 4 rings (SSSR count). The first-order valence-corrected chi connectivity index (χ1v) is 13.7. The molecule has 12 heteroatoms. The molecule has 2 amide bonds. The van der Waals surface area contributed by atoms with E-state index >= 15 is 0 Å². The van der Waals surface area contributed by atoms with Gasteiger partial charge in [-0.05, 0) is 38.0 Å². The molecule has 2 unspecified atom stereocenters. The zero-order valence-corrected chi connectivity index (χ0v) is 22.1. The van der Waals surface area contributed by atoms with Gasteiger partial charge in [0.05, 0.1) is 16.8 Å². The summed E-state index contributed by atoms with van der Waals surface area (Å²) in [5.41, 5.74) is -2.04.